The first kappa shape index (κ1) is 24.0. The summed E-state index contributed by atoms with van der Waals surface area (Å²) in [7, 11) is 0. The molecule has 0 unspecified atom stereocenters. The van der Waals surface area contributed by atoms with Crippen molar-refractivity contribution in [2.75, 3.05) is 13.2 Å². The number of carbonyl (C=O) groups excluding carboxylic acids is 2. The first-order valence-electron chi connectivity index (χ1n) is 11.3. The highest BCUT2D eigenvalue weighted by atomic mass is 16.5. The Morgan fingerprint density at radius 3 is 1.97 bits per heavy atom. The molecule has 0 aromatic heterocycles. The molecule has 0 spiro atoms. The first-order valence-corrected chi connectivity index (χ1v) is 11.3. The summed E-state index contributed by atoms with van der Waals surface area (Å²) in [4.78, 5) is 24.4. The number of ether oxygens (including phenoxy) is 2. The van der Waals surface area contributed by atoms with Gasteiger partial charge in [-0.1, -0.05) is 66.7 Å². The van der Waals surface area contributed by atoms with Crippen molar-refractivity contribution in [2.24, 2.45) is 0 Å². The predicted octanol–water partition coefficient (Wildman–Crippen LogP) is 5.95. The molecule has 5 nitrogen and oxygen atoms in total. The fourth-order valence-corrected chi connectivity index (χ4v) is 4.26. The molecule has 0 atom stereocenters. The first-order chi connectivity index (χ1) is 16.0. The van der Waals surface area contributed by atoms with E-state index in [1.165, 1.54) is 0 Å². The van der Waals surface area contributed by atoms with Crippen LogP contribution in [-0.4, -0.2) is 25.2 Å². The molecule has 0 saturated heterocycles. The van der Waals surface area contributed by atoms with Crippen molar-refractivity contribution in [1.29, 1.82) is 5.26 Å². The van der Waals surface area contributed by atoms with Crippen molar-refractivity contribution in [1.82, 2.24) is 0 Å². The normalized spacial score (nSPS) is 11.1. The lowest BCUT2D eigenvalue weighted by molar-refractivity contribution is -0.143. The van der Waals surface area contributed by atoms with Gasteiger partial charge in [-0.25, -0.2) is 0 Å². The predicted molar refractivity (Wildman–Crippen MR) is 128 cm³/mol. The summed E-state index contributed by atoms with van der Waals surface area (Å²) < 4.78 is 10.2. The van der Waals surface area contributed by atoms with Crippen molar-refractivity contribution in [3.05, 3.63) is 72.3 Å². The van der Waals surface area contributed by atoms with E-state index in [0.29, 0.717) is 0 Å². The lowest BCUT2D eigenvalue weighted by Crippen LogP contribution is -2.28. The smallest absolute Gasteiger partial charge is 0.305 e. The van der Waals surface area contributed by atoms with Crippen molar-refractivity contribution < 1.29 is 19.1 Å². The van der Waals surface area contributed by atoms with Gasteiger partial charge in [0, 0.05) is 12.8 Å². The Balaban J connectivity index is 2.11. The number of benzene rings is 3. The minimum absolute atomic E-state index is 0.0914. The van der Waals surface area contributed by atoms with E-state index in [-0.39, 0.29) is 50.8 Å². The molecular formula is C28H29NO4. The molecule has 3 aromatic rings. The molecule has 0 saturated carbocycles. The summed E-state index contributed by atoms with van der Waals surface area (Å²) in [5, 5.41) is 12.6. The van der Waals surface area contributed by atoms with Crippen LogP contribution in [0.5, 0.6) is 0 Å². The molecule has 0 bridgehead atoms. The van der Waals surface area contributed by atoms with E-state index in [4.69, 9.17) is 9.47 Å². The van der Waals surface area contributed by atoms with Gasteiger partial charge in [-0.15, -0.1) is 0 Å². The van der Waals surface area contributed by atoms with Crippen molar-refractivity contribution >= 4 is 22.7 Å². The van der Waals surface area contributed by atoms with Gasteiger partial charge >= 0.3 is 11.9 Å². The maximum absolute atomic E-state index is 12.2. The van der Waals surface area contributed by atoms with Crippen LogP contribution >= 0.6 is 0 Å². The number of esters is 2. The van der Waals surface area contributed by atoms with Crippen LogP contribution in [0, 0.1) is 11.3 Å². The molecule has 0 aliphatic carbocycles. The number of fused-ring (bicyclic) bond motifs is 1. The topological polar surface area (TPSA) is 76.4 Å². The third kappa shape index (κ3) is 5.59. The summed E-state index contributed by atoms with van der Waals surface area (Å²) in [5.74, 6) is -0.702. The van der Waals surface area contributed by atoms with Gasteiger partial charge in [-0.2, -0.15) is 5.26 Å². The highest BCUT2D eigenvalue weighted by molar-refractivity contribution is 5.97. The molecule has 0 amide bonds. The van der Waals surface area contributed by atoms with Crippen molar-refractivity contribution in [2.45, 2.75) is 44.9 Å². The van der Waals surface area contributed by atoms with E-state index in [1.807, 2.05) is 48.5 Å². The van der Waals surface area contributed by atoms with Gasteiger partial charge in [-0.05, 0) is 54.2 Å². The van der Waals surface area contributed by atoms with Crippen LogP contribution in [0.2, 0.25) is 0 Å². The van der Waals surface area contributed by atoms with E-state index < -0.39 is 5.41 Å². The Kier molecular flexibility index (Phi) is 8.21. The van der Waals surface area contributed by atoms with E-state index in [9.17, 15) is 14.9 Å². The monoisotopic (exact) mass is 443 g/mol. The number of rotatable bonds is 10. The van der Waals surface area contributed by atoms with Crippen LogP contribution in [-0.2, 0) is 24.5 Å². The van der Waals surface area contributed by atoms with Gasteiger partial charge in [0.2, 0.25) is 0 Å². The Morgan fingerprint density at radius 2 is 1.33 bits per heavy atom. The lowest BCUT2D eigenvalue weighted by atomic mass is 9.71. The molecule has 0 aliphatic rings. The fourth-order valence-electron chi connectivity index (χ4n) is 4.26. The van der Waals surface area contributed by atoms with Gasteiger partial charge in [0.15, 0.2) is 0 Å². The Morgan fingerprint density at radius 1 is 0.788 bits per heavy atom. The Bertz CT molecular complexity index is 1130. The average molecular weight is 444 g/mol. The second kappa shape index (κ2) is 11.3. The van der Waals surface area contributed by atoms with Gasteiger partial charge in [-0.3, -0.25) is 9.59 Å². The molecule has 3 rings (SSSR count). The fraction of sp³-hybridized carbons (Fsp3) is 0.321. The highest BCUT2D eigenvalue weighted by Gasteiger charge is 2.36. The van der Waals surface area contributed by atoms with Crippen LogP contribution < -0.4 is 0 Å². The molecular weight excluding hydrogens is 414 g/mol. The zero-order chi connectivity index (χ0) is 23.7. The Labute approximate surface area is 194 Å². The summed E-state index contributed by atoms with van der Waals surface area (Å²) in [6, 6.07) is 24.4. The number of hydrogen-bond acceptors (Lipinski definition) is 5. The molecule has 5 heteroatoms. The summed E-state index contributed by atoms with van der Waals surface area (Å²) >= 11 is 0. The van der Waals surface area contributed by atoms with Gasteiger partial charge in [0.25, 0.3) is 0 Å². The molecule has 0 fully saturated rings. The second-order valence-corrected chi connectivity index (χ2v) is 7.88. The quantitative estimate of drug-likeness (QED) is 0.362. The maximum atomic E-state index is 12.2. The lowest BCUT2D eigenvalue weighted by Gasteiger charge is -2.29. The average Bonchev–Trinajstić information content (AvgIpc) is 2.85. The van der Waals surface area contributed by atoms with Crippen LogP contribution in [0.4, 0.5) is 0 Å². The summed E-state index contributed by atoms with van der Waals surface area (Å²) in [5.41, 5.74) is 1.68. The number of nitrogens with zero attached hydrogens (tertiary/aromatic N) is 1. The van der Waals surface area contributed by atoms with Crippen molar-refractivity contribution in [3.63, 3.8) is 0 Å². The van der Waals surface area contributed by atoms with Crippen molar-refractivity contribution in [3.8, 4) is 17.2 Å². The number of hydrogen-bond donors (Lipinski definition) is 0. The minimum Gasteiger partial charge on any atom is -0.466 e. The molecule has 0 heterocycles. The van der Waals surface area contributed by atoms with E-state index >= 15 is 0 Å². The number of carbonyl (C=O) groups is 2. The minimum atomic E-state index is -1.05. The van der Waals surface area contributed by atoms with Crippen LogP contribution in [0.15, 0.2) is 66.7 Å². The zero-order valence-electron chi connectivity index (χ0n) is 19.2. The standard InChI is InChI=1S/C28H29NO4/c1-3-32-26(30)16-18-28(20-29,19-17-27(31)33-4-2)25-15-8-7-13-24(25)23-14-9-11-21-10-5-6-12-22(21)23/h5-15H,3-4,16-19H2,1-2H3. The molecule has 170 valence electrons. The molecule has 0 radical (unpaired) electrons. The molecule has 0 N–H and O–H groups in total. The van der Waals surface area contributed by atoms with E-state index in [0.717, 1.165) is 27.5 Å². The summed E-state index contributed by atoms with van der Waals surface area (Å²) in [6.07, 6.45) is 0.690. The third-order valence-corrected chi connectivity index (χ3v) is 5.86. The molecule has 3 aromatic carbocycles. The van der Waals surface area contributed by atoms with Gasteiger partial charge in [0.1, 0.15) is 0 Å². The van der Waals surface area contributed by atoms with Crippen LogP contribution in [0.3, 0.4) is 0 Å². The molecule has 0 aliphatic heterocycles. The highest BCUT2D eigenvalue weighted by Crippen LogP contribution is 2.41. The maximum Gasteiger partial charge on any atom is 0.305 e. The zero-order valence-corrected chi connectivity index (χ0v) is 19.2. The van der Waals surface area contributed by atoms with Crippen LogP contribution in [0.25, 0.3) is 21.9 Å². The number of nitriles is 1. The third-order valence-electron chi connectivity index (χ3n) is 5.86. The second-order valence-electron chi connectivity index (χ2n) is 7.88. The molecule has 33 heavy (non-hydrogen) atoms. The van der Waals surface area contributed by atoms with Crippen LogP contribution in [0.1, 0.15) is 45.1 Å². The van der Waals surface area contributed by atoms with Gasteiger partial charge in [0.05, 0.1) is 24.7 Å². The van der Waals surface area contributed by atoms with E-state index in [1.54, 1.807) is 13.8 Å². The Hall–Kier alpha value is -3.65. The SMILES string of the molecule is CCOC(=O)CCC(C#N)(CCC(=O)OCC)c1ccccc1-c1cccc2ccccc12. The summed E-state index contributed by atoms with van der Waals surface area (Å²) in [6.45, 7) is 4.08. The largest absolute Gasteiger partial charge is 0.466 e. The van der Waals surface area contributed by atoms with Gasteiger partial charge < -0.3 is 9.47 Å². The van der Waals surface area contributed by atoms with E-state index in [2.05, 4.69) is 24.3 Å².